The molecule has 1 aliphatic carbocycles. The summed E-state index contributed by atoms with van der Waals surface area (Å²) >= 11 is 0. The molecule has 1 N–H and O–H groups in total. The number of nitrogens with zero attached hydrogens (tertiary/aromatic N) is 1. The van der Waals surface area contributed by atoms with E-state index < -0.39 is 18.1 Å². The fourth-order valence-electron chi connectivity index (χ4n) is 2.48. The maximum Gasteiger partial charge on any atom is 0.387 e. The molecule has 114 valence electrons. The summed E-state index contributed by atoms with van der Waals surface area (Å²) in [6.07, 6.45) is 1.19. The summed E-state index contributed by atoms with van der Waals surface area (Å²) in [5, 5.41) is 19.6. The number of ether oxygens (including phenoxy) is 2. The SMILES string of the molecule is CCOc1cc(C(O)C2(C#N)CCC2)ccc1OC(F)F. The lowest BCUT2D eigenvalue weighted by Crippen LogP contribution is -2.34. The van der Waals surface area contributed by atoms with Crippen LogP contribution in [0, 0.1) is 16.7 Å². The maximum atomic E-state index is 12.3. The molecule has 0 aromatic heterocycles. The number of hydrogen-bond acceptors (Lipinski definition) is 4. The Bertz CT molecular complexity index is 538. The number of aliphatic hydroxyl groups excluding tert-OH is 1. The zero-order valence-corrected chi connectivity index (χ0v) is 11.7. The number of benzene rings is 1. The standard InChI is InChI=1S/C15H17F2NO3/c1-2-20-12-8-10(4-5-11(12)21-14(16)17)13(19)15(9-18)6-3-7-15/h4-5,8,13-14,19H,2-3,6-7H2,1H3. The van der Waals surface area contributed by atoms with Gasteiger partial charge in [0.15, 0.2) is 11.5 Å². The molecule has 4 nitrogen and oxygen atoms in total. The second-order valence-electron chi connectivity index (χ2n) is 5.04. The van der Waals surface area contributed by atoms with Gasteiger partial charge >= 0.3 is 6.61 Å². The molecule has 1 unspecified atom stereocenters. The Morgan fingerprint density at radius 1 is 1.38 bits per heavy atom. The Kier molecular flexibility index (Phi) is 4.63. The van der Waals surface area contributed by atoms with E-state index in [-0.39, 0.29) is 18.1 Å². The van der Waals surface area contributed by atoms with Gasteiger partial charge in [0.2, 0.25) is 0 Å². The van der Waals surface area contributed by atoms with Gasteiger partial charge in [0.25, 0.3) is 0 Å². The van der Waals surface area contributed by atoms with E-state index in [0.29, 0.717) is 18.4 Å². The quantitative estimate of drug-likeness (QED) is 0.874. The summed E-state index contributed by atoms with van der Waals surface area (Å²) in [6.45, 7) is -0.947. The van der Waals surface area contributed by atoms with Crippen LogP contribution in [0.2, 0.25) is 0 Å². The topological polar surface area (TPSA) is 62.5 Å². The first-order chi connectivity index (χ1) is 10.0. The molecule has 0 saturated heterocycles. The van der Waals surface area contributed by atoms with Crippen molar-refractivity contribution >= 4 is 0 Å². The molecule has 1 fully saturated rings. The molecule has 1 aliphatic rings. The molecule has 0 spiro atoms. The predicted octanol–water partition coefficient (Wildman–Crippen LogP) is 3.41. The minimum Gasteiger partial charge on any atom is -0.490 e. The smallest absolute Gasteiger partial charge is 0.387 e. The summed E-state index contributed by atoms with van der Waals surface area (Å²) in [5.74, 6) is 0.0594. The molecular formula is C15H17F2NO3. The monoisotopic (exact) mass is 297 g/mol. The van der Waals surface area contributed by atoms with Gasteiger partial charge in [-0.2, -0.15) is 14.0 Å². The average Bonchev–Trinajstić information content (AvgIpc) is 2.39. The lowest BCUT2D eigenvalue weighted by molar-refractivity contribution is -0.0515. The van der Waals surface area contributed by atoms with E-state index in [0.717, 1.165) is 6.42 Å². The zero-order chi connectivity index (χ0) is 15.5. The number of halogens is 2. The summed E-state index contributed by atoms with van der Waals surface area (Å²) in [7, 11) is 0. The van der Waals surface area contributed by atoms with Gasteiger partial charge in [0, 0.05) is 0 Å². The Hall–Kier alpha value is -1.87. The van der Waals surface area contributed by atoms with E-state index in [9.17, 15) is 19.1 Å². The number of hydrogen-bond donors (Lipinski definition) is 1. The van der Waals surface area contributed by atoms with E-state index >= 15 is 0 Å². The lowest BCUT2D eigenvalue weighted by atomic mass is 9.64. The second-order valence-corrected chi connectivity index (χ2v) is 5.04. The first kappa shape index (κ1) is 15.5. The van der Waals surface area contributed by atoms with Gasteiger partial charge in [-0.25, -0.2) is 0 Å². The highest BCUT2D eigenvalue weighted by Crippen LogP contribution is 2.50. The molecule has 21 heavy (non-hydrogen) atoms. The van der Waals surface area contributed by atoms with Crippen molar-refractivity contribution in [2.75, 3.05) is 6.61 Å². The van der Waals surface area contributed by atoms with Crippen molar-refractivity contribution in [3.05, 3.63) is 23.8 Å². The highest BCUT2D eigenvalue weighted by molar-refractivity contribution is 5.44. The minimum atomic E-state index is -2.95. The van der Waals surface area contributed by atoms with Crippen LogP contribution in [-0.4, -0.2) is 18.3 Å². The summed E-state index contributed by atoms with van der Waals surface area (Å²) in [6, 6.07) is 6.45. The van der Waals surface area contributed by atoms with Gasteiger partial charge in [-0.15, -0.1) is 0 Å². The molecular weight excluding hydrogens is 280 g/mol. The van der Waals surface area contributed by atoms with Crippen LogP contribution in [0.4, 0.5) is 8.78 Å². The molecule has 1 aromatic carbocycles. The van der Waals surface area contributed by atoms with Crippen LogP contribution >= 0.6 is 0 Å². The number of nitriles is 1. The molecule has 0 amide bonds. The Balaban J connectivity index is 2.29. The Morgan fingerprint density at radius 2 is 2.10 bits per heavy atom. The number of aliphatic hydroxyl groups is 1. The largest absolute Gasteiger partial charge is 0.490 e. The van der Waals surface area contributed by atoms with Gasteiger partial charge in [-0.05, 0) is 37.5 Å². The third kappa shape index (κ3) is 3.08. The molecule has 0 bridgehead atoms. The molecule has 0 heterocycles. The van der Waals surface area contributed by atoms with Gasteiger partial charge < -0.3 is 14.6 Å². The van der Waals surface area contributed by atoms with Crippen LogP contribution in [-0.2, 0) is 0 Å². The first-order valence-electron chi connectivity index (χ1n) is 6.83. The second kappa shape index (κ2) is 6.27. The number of rotatable bonds is 6. The molecule has 1 saturated carbocycles. The van der Waals surface area contributed by atoms with Crippen molar-refractivity contribution in [1.82, 2.24) is 0 Å². The Morgan fingerprint density at radius 3 is 2.57 bits per heavy atom. The minimum absolute atomic E-state index is 0.0811. The predicted molar refractivity (Wildman–Crippen MR) is 71.1 cm³/mol. The lowest BCUT2D eigenvalue weighted by Gasteiger charge is -2.39. The van der Waals surface area contributed by atoms with Crippen LogP contribution < -0.4 is 9.47 Å². The van der Waals surface area contributed by atoms with Crippen molar-refractivity contribution in [2.45, 2.75) is 38.9 Å². The molecule has 2 rings (SSSR count). The highest BCUT2D eigenvalue weighted by Gasteiger charge is 2.44. The van der Waals surface area contributed by atoms with E-state index in [2.05, 4.69) is 10.8 Å². The molecule has 1 atom stereocenters. The van der Waals surface area contributed by atoms with Gasteiger partial charge in [-0.1, -0.05) is 12.5 Å². The summed E-state index contributed by atoms with van der Waals surface area (Å²) in [5.41, 5.74) is -0.310. The maximum absolute atomic E-state index is 12.3. The van der Waals surface area contributed by atoms with Crippen molar-refractivity contribution in [2.24, 2.45) is 5.41 Å². The molecule has 0 radical (unpaired) electrons. The van der Waals surface area contributed by atoms with Gasteiger partial charge in [0.1, 0.15) is 0 Å². The first-order valence-corrected chi connectivity index (χ1v) is 6.83. The van der Waals surface area contributed by atoms with Crippen molar-refractivity contribution < 1.29 is 23.4 Å². The molecule has 6 heteroatoms. The van der Waals surface area contributed by atoms with Gasteiger partial charge in [-0.3, -0.25) is 0 Å². The molecule has 0 aliphatic heterocycles. The van der Waals surface area contributed by atoms with Crippen molar-refractivity contribution in [3.8, 4) is 17.6 Å². The summed E-state index contributed by atoms with van der Waals surface area (Å²) in [4.78, 5) is 0. The van der Waals surface area contributed by atoms with E-state index in [4.69, 9.17) is 4.74 Å². The Labute approximate surface area is 121 Å². The summed E-state index contributed by atoms with van der Waals surface area (Å²) < 4.78 is 34.3. The van der Waals surface area contributed by atoms with Gasteiger partial charge in [0.05, 0.1) is 24.2 Å². The zero-order valence-electron chi connectivity index (χ0n) is 11.7. The fourth-order valence-corrected chi connectivity index (χ4v) is 2.48. The normalized spacial score (nSPS) is 17.7. The molecule has 1 aromatic rings. The van der Waals surface area contributed by atoms with Crippen LogP contribution in [0.5, 0.6) is 11.5 Å². The van der Waals surface area contributed by atoms with Crippen LogP contribution in [0.3, 0.4) is 0 Å². The van der Waals surface area contributed by atoms with E-state index in [1.165, 1.54) is 18.2 Å². The number of alkyl halides is 2. The van der Waals surface area contributed by atoms with Crippen molar-refractivity contribution in [3.63, 3.8) is 0 Å². The van der Waals surface area contributed by atoms with Crippen LogP contribution in [0.15, 0.2) is 18.2 Å². The van der Waals surface area contributed by atoms with E-state index in [1.807, 2.05) is 0 Å². The van der Waals surface area contributed by atoms with Crippen molar-refractivity contribution in [1.29, 1.82) is 5.26 Å². The van der Waals surface area contributed by atoms with Crippen LogP contribution in [0.1, 0.15) is 37.9 Å². The fraction of sp³-hybridized carbons (Fsp3) is 0.533. The highest BCUT2D eigenvalue weighted by atomic mass is 19.3. The average molecular weight is 297 g/mol. The van der Waals surface area contributed by atoms with Crippen LogP contribution in [0.25, 0.3) is 0 Å². The van der Waals surface area contributed by atoms with E-state index in [1.54, 1.807) is 6.92 Å². The third-order valence-corrected chi connectivity index (χ3v) is 3.79. The third-order valence-electron chi connectivity index (χ3n) is 3.79.